The van der Waals surface area contributed by atoms with Gasteiger partial charge in [0.05, 0.1) is 11.8 Å². The number of halogens is 1. The summed E-state index contributed by atoms with van der Waals surface area (Å²) in [5, 5.41) is 4.07. The number of rotatable bonds is 4. The number of nitrogens with zero attached hydrogens (tertiary/aromatic N) is 3. The van der Waals surface area contributed by atoms with Gasteiger partial charge in [0.2, 0.25) is 0 Å². The molecule has 0 bridgehead atoms. The molecule has 0 aliphatic rings. The fraction of sp³-hybridized carbons (Fsp3) is 0.176. The first kappa shape index (κ1) is 15.0. The van der Waals surface area contributed by atoms with E-state index in [1.807, 2.05) is 13.2 Å². The molecule has 6 heteroatoms. The number of hydrogen-bond donors (Lipinski definition) is 0. The fourth-order valence-corrected chi connectivity index (χ4v) is 2.35. The van der Waals surface area contributed by atoms with Crippen LogP contribution < -0.4 is 0 Å². The highest BCUT2D eigenvalue weighted by Crippen LogP contribution is 2.25. The van der Waals surface area contributed by atoms with E-state index >= 15 is 0 Å². The zero-order chi connectivity index (χ0) is 16.4. The second kappa shape index (κ2) is 6.08. The van der Waals surface area contributed by atoms with Gasteiger partial charge in [-0.1, -0.05) is 12.1 Å². The Morgan fingerprint density at radius 2 is 2.09 bits per heavy atom. The minimum atomic E-state index is -0.385. The standard InChI is InChI=1S/C17H16FN3O2/c1-20(10-12-9-19-21(2)11-12)17(22)16-8-7-15(23-16)13-5-3-4-6-14(13)18/h3-9,11H,10H2,1-2H3. The number of benzene rings is 1. The molecule has 0 unspecified atom stereocenters. The molecule has 0 fully saturated rings. The van der Waals surface area contributed by atoms with Gasteiger partial charge in [0, 0.05) is 32.4 Å². The van der Waals surface area contributed by atoms with Crippen LogP contribution in [0.25, 0.3) is 11.3 Å². The first-order valence-corrected chi connectivity index (χ1v) is 7.12. The minimum Gasteiger partial charge on any atom is -0.451 e. The maximum atomic E-state index is 13.8. The zero-order valence-corrected chi connectivity index (χ0v) is 12.9. The molecule has 0 radical (unpaired) electrons. The first-order chi connectivity index (χ1) is 11.0. The molecule has 3 aromatic rings. The van der Waals surface area contributed by atoms with Crippen molar-refractivity contribution in [3.05, 3.63) is 65.9 Å². The molecule has 0 saturated carbocycles. The van der Waals surface area contributed by atoms with E-state index in [0.717, 1.165) is 5.56 Å². The van der Waals surface area contributed by atoms with Crippen molar-refractivity contribution in [3.63, 3.8) is 0 Å². The zero-order valence-electron chi connectivity index (χ0n) is 12.9. The minimum absolute atomic E-state index is 0.176. The lowest BCUT2D eigenvalue weighted by atomic mass is 10.1. The van der Waals surface area contributed by atoms with Gasteiger partial charge in [-0.15, -0.1) is 0 Å². The Bertz CT molecular complexity index is 838. The van der Waals surface area contributed by atoms with Crippen LogP contribution in [0.4, 0.5) is 4.39 Å². The van der Waals surface area contributed by atoms with Gasteiger partial charge in [0.15, 0.2) is 5.76 Å². The number of furan rings is 1. The van der Waals surface area contributed by atoms with Gasteiger partial charge >= 0.3 is 0 Å². The number of aromatic nitrogens is 2. The van der Waals surface area contributed by atoms with Crippen molar-refractivity contribution in [2.24, 2.45) is 7.05 Å². The Kier molecular flexibility index (Phi) is 3.97. The lowest BCUT2D eigenvalue weighted by Gasteiger charge is -2.14. The highest BCUT2D eigenvalue weighted by Gasteiger charge is 2.18. The molecule has 23 heavy (non-hydrogen) atoms. The second-order valence-corrected chi connectivity index (χ2v) is 5.33. The molecule has 0 atom stereocenters. The Morgan fingerprint density at radius 3 is 2.78 bits per heavy atom. The van der Waals surface area contributed by atoms with Crippen molar-refractivity contribution in [2.75, 3.05) is 7.05 Å². The van der Waals surface area contributed by atoms with Crippen LogP contribution in [0.1, 0.15) is 16.1 Å². The summed E-state index contributed by atoms with van der Waals surface area (Å²) >= 11 is 0. The maximum absolute atomic E-state index is 13.8. The van der Waals surface area contributed by atoms with E-state index in [1.54, 1.807) is 48.3 Å². The van der Waals surface area contributed by atoms with Crippen molar-refractivity contribution in [3.8, 4) is 11.3 Å². The van der Waals surface area contributed by atoms with E-state index in [0.29, 0.717) is 17.9 Å². The molecule has 2 heterocycles. The smallest absolute Gasteiger partial charge is 0.289 e. The number of aryl methyl sites for hydroxylation is 1. The molecule has 0 spiro atoms. The molecule has 1 amide bonds. The van der Waals surface area contributed by atoms with Gasteiger partial charge in [-0.2, -0.15) is 5.10 Å². The lowest BCUT2D eigenvalue weighted by Crippen LogP contribution is -2.25. The predicted molar refractivity (Wildman–Crippen MR) is 83.1 cm³/mol. The Labute approximate surface area is 132 Å². The summed E-state index contributed by atoms with van der Waals surface area (Å²) in [7, 11) is 3.50. The molecular weight excluding hydrogens is 297 g/mol. The summed E-state index contributed by atoms with van der Waals surface area (Å²) in [6.45, 7) is 0.419. The van der Waals surface area contributed by atoms with Crippen molar-refractivity contribution in [1.82, 2.24) is 14.7 Å². The molecule has 0 saturated heterocycles. The SMILES string of the molecule is CN(Cc1cnn(C)c1)C(=O)c1ccc(-c2ccccc2F)o1. The van der Waals surface area contributed by atoms with E-state index < -0.39 is 0 Å². The quantitative estimate of drug-likeness (QED) is 0.744. The van der Waals surface area contributed by atoms with E-state index in [4.69, 9.17) is 4.42 Å². The number of carbonyl (C=O) groups excluding carboxylic acids is 1. The molecular formula is C17H16FN3O2. The van der Waals surface area contributed by atoms with Gasteiger partial charge in [-0.3, -0.25) is 9.48 Å². The maximum Gasteiger partial charge on any atom is 0.289 e. The van der Waals surface area contributed by atoms with Gasteiger partial charge in [-0.05, 0) is 24.3 Å². The van der Waals surface area contributed by atoms with Crippen LogP contribution in [0.2, 0.25) is 0 Å². The average molecular weight is 313 g/mol. The Hall–Kier alpha value is -2.89. The monoisotopic (exact) mass is 313 g/mol. The average Bonchev–Trinajstić information content (AvgIpc) is 3.16. The normalized spacial score (nSPS) is 10.7. The molecule has 3 rings (SSSR count). The number of amides is 1. The Balaban J connectivity index is 1.77. The van der Waals surface area contributed by atoms with Crippen LogP contribution in [0, 0.1) is 5.82 Å². The van der Waals surface area contributed by atoms with Crippen LogP contribution in [-0.2, 0) is 13.6 Å². The summed E-state index contributed by atoms with van der Waals surface area (Å²) in [4.78, 5) is 13.9. The van der Waals surface area contributed by atoms with Gasteiger partial charge in [0.25, 0.3) is 5.91 Å². The van der Waals surface area contributed by atoms with Crippen LogP contribution in [0.3, 0.4) is 0 Å². The van der Waals surface area contributed by atoms with Crippen LogP contribution in [0.15, 0.2) is 53.2 Å². The van der Waals surface area contributed by atoms with Crippen LogP contribution in [0.5, 0.6) is 0 Å². The van der Waals surface area contributed by atoms with Gasteiger partial charge in [-0.25, -0.2) is 4.39 Å². The van der Waals surface area contributed by atoms with Crippen LogP contribution >= 0.6 is 0 Å². The topological polar surface area (TPSA) is 51.3 Å². The van der Waals surface area contributed by atoms with Gasteiger partial charge in [0.1, 0.15) is 11.6 Å². The third-order valence-corrected chi connectivity index (χ3v) is 3.48. The highest BCUT2D eigenvalue weighted by molar-refractivity contribution is 5.91. The predicted octanol–water partition coefficient (Wildman–Crippen LogP) is 3.09. The van der Waals surface area contributed by atoms with Crippen molar-refractivity contribution in [1.29, 1.82) is 0 Å². The highest BCUT2D eigenvalue weighted by atomic mass is 19.1. The molecule has 0 N–H and O–H groups in total. The van der Waals surface area contributed by atoms with Crippen molar-refractivity contribution >= 4 is 5.91 Å². The number of carbonyl (C=O) groups is 1. The molecule has 1 aromatic carbocycles. The third kappa shape index (κ3) is 3.15. The molecule has 5 nitrogen and oxygen atoms in total. The van der Waals surface area contributed by atoms with E-state index in [2.05, 4.69) is 5.10 Å². The summed E-state index contributed by atoms with van der Waals surface area (Å²) < 4.78 is 21.0. The van der Waals surface area contributed by atoms with E-state index in [-0.39, 0.29) is 17.5 Å². The summed E-state index contributed by atoms with van der Waals surface area (Å²) in [6, 6.07) is 9.45. The van der Waals surface area contributed by atoms with E-state index in [1.165, 1.54) is 11.0 Å². The van der Waals surface area contributed by atoms with Crippen LogP contribution in [-0.4, -0.2) is 27.6 Å². The fourth-order valence-electron chi connectivity index (χ4n) is 2.35. The third-order valence-electron chi connectivity index (χ3n) is 3.48. The van der Waals surface area contributed by atoms with E-state index in [9.17, 15) is 9.18 Å². The van der Waals surface area contributed by atoms with Crippen molar-refractivity contribution in [2.45, 2.75) is 6.54 Å². The largest absolute Gasteiger partial charge is 0.451 e. The second-order valence-electron chi connectivity index (χ2n) is 5.33. The van der Waals surface area contributed by atoms with Crippen molar-refractivity contribution < 1.29 is 13.6 Å². The molecule has 0 aliphatic carbocycles. The number of hydrogen-bond acceptors (Lipinski definition) is 3. The summed E-state index contributed by atoms with van der Waals surface area (Å²) in [5.41, 5.74) is 1.26. The lowest BCUT2D eigenvalue weighted by molar-refractivity contribution is 0.0754. The summed E-state index contributed by atoms with van der Waals surface area (Å²) in [6.07, 6.45) is 3.55. The van der Waals surface area contributed by atoms with Gasteiger partial charge < -0.3 is 9.32 Å². The molecule has 118 valence electrons. The summed E-state index contributed by atoms with van der Waals surface area (Å²) in [5.74, 6) is -0.142. The molecule has 2 aromatic heterocycles. The Morgan fingerprint density at radius 1 is 1.30 bits per heavy atom. The first-order valence-electron chi connectivity index (χ1n) is 7.12. The molecule has 0 aliphatic heterocycles.